The Morgan fingerprint density at radius 2 is 2.17 bits per heavy atom. The summed E-state index contributed by atoms with van der Waals surface area (Å²) in [6.07, 6.45) is 0.473. The van der Waals surface area contributed by atoms with Gasteiger partial charge in [0.15, 0.2) is 0 Å². The van der Waals surface area contributed by atoms with E-state index in [0.29, 0.717) is 12.1 Å². The molecule has 1 heterocycles. The van der Waals surface area contributed by atoms with Gasteiger partial charge in [-0.2, -0.15) is 0 Å². The molecule has 1 aromatic rings. The predicted octanol–water partition coefficient (Wildman–Crippen LogP) is -0.853. The molecule has 0 spiro atoms. The monoisotopic (exact) mass is 170 g/mol. The molecule has 0 atom stereocenters. The largest absolute Gasteiger partial charge is 0.754 e. The van der Waals surface area contributed by atoms with E-state index in [9.17, 15) is 10.3 Å². The predicted molar refractivity (Wildman–Crippen MR) is 43.1 cm³/mol. The molecule has 6 heteroatoms. The second-order valence-electron chi connectivity index (χ2n) is 2.30. The van der Waals surface area contributed by atoms with Gasteiger partial charge in [0.1, 0.15) is 5.69 Å². The third-order valence-electron chi connectivity index (χ3n) is 1.53. The number of anilines is 2. The lowest BCUT2D eigenvalue weighted by Crippen LogP contribution is -2.35. The van der Waals surface area contributed by atoms with Crippen LogP contribution in [0, 0.1) is 5.21 Å². The Labute approximate surface area is 69.0 Å². The van der Waals surface area contributed by atoms with E-state index in [1.807, 2.05) is 0 Å². The first-order valence-corrected chi connectivity index (χ1v) is 3.44. The molecule has 0 unspecified atom stereocenters. The van der Waals surface area contributed by atoms with Gasteiger partial charge in [-0.25, -0.2) is 4.73 Å². The highest BCUT2D eigenvalue weighted by molar-refractivity contribution is 5.45. The van der Waals surface area contributed by atoms with Crippen LogP contribution in [0.1, 0.15) is 12.6 Å². The van der Waals surface area contributed by atoms with Gasteiger partial charge in [0.05, 0.1) is 0 Å². The topological polar surface area (TPSA) is 112 Å². The van der Waals surface area contributed by atoms with Gasteiger partial charge in [-0.05, 0) is 0 Å². The normalized spacial score (nSPS) is 10.1. The maximum Gasteiger partial charge on any atom is 0.344 e. The molecule has 1 aromatic heterocycles. The summed E-state index contributed by atoms with van der Waals surface area (Å²) < 4.78 is 0.189. The number of rotatable bonds is 1. The van der Waals surface area contributed by atoms with E-state index in [2.05, 4.69) is 4.98 Å². The summed E-state index contributed by atoms with van der Waals surface area (Å²) in [6.45, 7) is 1.77. The van der Waals surface area contributed by atoms with Gasteiger partial charge < -0.3 is 21.8 Å². The summed E-state index contributed by atoms with van der Waals surface area (Å²) in [5, 5.41) is 20.1. The lowest BCUT2D eigenvalue weighted by Gasteiger charge is -2.11. The summed E-state index contributed by atoms with van der Waals surface area (Å²) in [5.74, 6) is -0.844. The highest BCUT2D eigenvalue weighted by Gasteiger charge is 2.14. The standard InChI is InChI=1S/C6H10N4O2/c1-2-3-4(11)5(7)10(12)6(8)9-3/h11H,2,7H2,1H3,(H2,8,9). The molecule has 0 saturated heterocycles. The van der Waals surface area contributed by atoms with Crippen molar-refractivity contribution in [3.05, 3.63) is 10.9 Å². The Morgan fingerprint density at radius 3 is 2.67 bits per heavy atom. The molecule has 6 nitrogen and oxygen atoms in total. The van der Waals surface area contributed by atoms with Crippen LogP contribution in [-0.4, -0.2) is 10.1 Å². The minimum atomic E-state index is -0.306. The fraction of sp³-hybridized carbons (Fsp3) is 0.333. The minimum absolute atomic E-state index is 0.189. The van der Waals surface area contributed by atoms with Crippen LogP contribution in [0.3, 0.4) is 0 Å². The zero-order chi connectivity index (χ0) is 9.30. The van der Waals surface area contributed by atoms with Crippen molar-refractivity contribution in [2.24, 2.45) is 0 Å². The first-order chi connectivity index (χ1) is 5.57. The number of nitrogens with zero attached hydrogens (tertiary/aromatic N) is 2. The maximum atomic E-state index is 10.9. The zero-order valence-corrected chi connectivity index (χ0v) is 6.61. The molecule has 0 saturated carbocycles. The average molecular weight is 170 g/mol. The maximum absolute atomic E-state index is 10.9. The van der Waals surface area contributed by atoms with Crippen LogP contribution in [0.15, 0.2) is 0 Å². The van der Waals surface area contributed by atoms with Crippen molar-refractivity contribution in [3.8, 4) is 5.75 Å². The number of aromatic hydroxyl groups is 1. The van der Waals surface area contributed by atoms with E-state index in [0.717, 1.165) is 0 Å². The van der Waals surface area contributed by atoms with Crippen molar-refractivity contribution in [1.82, 2.24) is 4.98 Å². The highest BCUT2D eigenvalue weighted by atomic mass is 16.5. The first kappa shape index (κ1) is 8.38. The molecule has 0 aliphatic heterocycles. The molecular formula is C6H10N4O2. The number of aromatic nitrogens is 2. The van der Waals surface area contributed by atoms with E-state index in [4.69, 9.17) is 11.5 Å². The van der Waals surface area contributed by atoms with Crippen molar-refractivity contribution in [2.75, 3.05) is 11.5 Å². The van der Waals surface area contributed by atoms with Crippen molar-refractivity contribution in [3.63, 3.8) is 0 Å². The highest BCUT2D eigenvalue weighted by Crippen LogP contribution is 2.20. The average Bonchev–Trinajstić information content (AvgIpc) is 2.08. The molecule has 0 aliphatic carbocycles. The molecule has 5 N–H and O–H groups in total. The number of aryl methyl sites for hydroxylation is 1. The van der Waals surface area contributed by atoms with Crippen molar-refractivity contribution < 1.29 is 9.84 Å². The molecule has 12 heavy (non-hydrogen) atoms. The van der Waals surface area contributed by atoms with Crippen LogP contribution in [-0.2, 0) is 6.42 Å². The van der Waals surface area contributed by atoms with Crippen LogP contribution < -0.4 is 16.2 Å². The fourth-order valence-corrected chi connectivity index (χ4v) is 0.851. The smallest absolute Gasteiger partial charge is 0.344 e. The van der Waals surface area contributed by atoms with Crippen LogP contribution >= 0.6 is 0 Å². The van der Waals surface area contributed by atoms with E-state index in [-0.39, 0.29) is 22.2 Å². The minimum Gasteiger partial charge on any atom is -0.754 e. The summed E-state index contributed by atoms with van der Waals surface area (Å²) >= 11 is 0. The fourth-order valence-electron chi connectivity index (χ4n) is 0.851. The van der Waals surface area contributed by atoms with Gasteiger partial charge in [-0.1, -0.05) is 6.92 Å². The Bertz CT molecular complexity index is 313. The number of nitrogens with two attached hydrogens (primary N) is 2. The molecule has 66 valence electrons. The number of nitrogen functional groups attached to an aromatic ring is 2. The molecule has 0 fully saturated rings. The lowest BCUT2D eigenvalue weighted by molar-refractivity contribution is -0.577. The van der Waals surface area contributed by atoms with Gasteiger partial charge in [0.2, 0.25) is 11.6 Å². The number of hydrogen-bond acceptors (Lipinski definition) is 5. The Balaban J connectivity index is 3.39. The molecule has 1 rings (SSSR count). The lowest BCUT2D eigenvalue weighted by atomic mass is 10.3. The van der Waals surface area contributed by atoms with E-state index < -0.39 is 0 Å². The van der Waals surface area contributed by atoms with Gasteiger partial charge in [0, 0.05) is 6.42 Å². The number of hydrogen-bond donors (Lipinski definition) is 3. The third kappa shape index (κ3) is 1.07. The molecule has 0 aliphatic rings. The molecular weight excluding hydrogens is 160 g/mol. The van der Waals surface area contributed by atoms with Gasteiger partial charge in [-0.15, -0.1) is 4.98 Å². The van der Waals surface area contributed by atoms with Crippen LogP contribution in [0.25, 0.3) is 0 Å². The third-order valence-corrected chi connectivity index (χ3v) is 1.53. The molecule has 0 radical (unpaired) electrons. The molecule has 0 amide bonds. The quantitative estimate of drug-likeness (QED) is 0.375. The zero-order valence-electron chi connectivity index (χ0n) is 6.61. The van der Waals surface area contributed by atoms with Crippen molar-refractivity contribution in [2.45, 2.75) is 13.3 Å². The van der Waals surface area contributed by atoms with Crippen molar-refractivity contribution in [1.29, 1.82) is 0 Å². The van der Waals surface area contributed by atoms with E-state index in [1.54, 1.807) is 6.92 Å². The SMILES string of the molecule is CCc1nc(N)[n+]([O-])c(N)c1O. The Hall–Kier alpha value is -1.72. The van der Waals surface area contributed by atoms with Gasteiger partial charge in [-0.3, -0.25) is 0 Å². The summed E-state index contributed by atoms with van der Waals surface area (Å²) in [5.41, 5.74) is 10.8. The first-order valence-electron chi connectivity index (χ1n) is 3.44. The summed E-state index contributed by atoms with van der Waals surface area (Å²) in [7, 11) is 0. The van der Waals surface area contributed by atoms with Crippen LogP contribution in [0.5, 0.6) is 5.75 Å². The summed E-state index contributed by atoms with van der Waals surface area (Å²) in [6, 6.07) is 0. The van der Waals surface area contributed by atoms with Gasteiger partial charge >= 0.3 is 5.95 Å². The second-order valence-corrected chi connectivity index (χ2v) is 2.30. The van der Waals surface area contributed by atoms with E-state index >= 15 is 0 Å². The second kappa shape index (κ2) is 2.72. The van der Waals surface area contributed by atoms with Crippen LogP contribution in [0.4, 0.5) is 11.8 Å². The molecule has 0 bridgehead atoms. The molecule has 0 aromatic carbocycles. The summed E-state index contributed by atoms with van der Waals surface area (Å²) in [4.78, 5) is 3.65. The van der Waals surface area contributed by atoms with Crippen LogP contribution in [0.2, 0.25) is 0 Å². The Morgan fingerprint density at radius 1 is 1.58 bits per heavy atom. The van der Waals surface area contributed by atoms with E-state index in [1.165, 1.54) is 0 Å². The van der Waals surface area contributed by atoms with Crippen molar-refractivity contribution >= 4 is 11.8 Å². The van der Waals surface area contributed by atoms with Gasteiger partial charge in [0.25, 0.3) is 0 Å². The Kier molecular flexibility index (Phi) is 1.90.